The van der Waals surface area contributed by atoms with Gasteiger partial charge in [0.05, 0.1) is 12.5 Å². The van der Waals surface area contributed by atoms with Gasteiger partial charge in [0.1, 0.15) is 5.54 Å². The Morgan fingerprint density at radius 3 is 2.37 bits per heavy atom. The van der Waals surface area contributed by atoms with Crippen molar-refractivity contribution < 1.29 is 28.2 Å². The summed E-state index contributed by atoms with van der Waals surface area (Å²) in [6, 6.07) is 0. The van der Waals surface area contributed by atoms with Gasteiger partial charge in [-0.3, -0.25) is 4.90 Å². The Kier molecular flexibility index (Phi) is 3.16. The molecule has 1 unspecified atom stereocenters. The second kappa shape index (κ2) is 4.19. The molecule has 0 aromatic carbocycles. The van der Waals surface area contributed by atoms with Gasteiger partial charge >= 0.3 is 12.1 Å². The van der Waals surface area contributed by atoms with Gasteiger partial charge in [0.2, 0.25) is 0 Å². The molecule has 1 spiro atoms. The molecule has 0 radical (unpaired) electrons. The number of carboxylic acid groups (broad SMARTS) is 1. The van der Waals surface area contributed by atoms with Gasteiger partial charge in [-0.05, 0) is 12.8 Å². The zero-order chi connectivity index (χ0) is 14.5. The van der Waals surface area contributed by atoms with Crippen LogP contribution in [0.2, 0.25) is 0 Å². The molecule has 2 rings (SSSR count). The van der Waals surface area contributed by atoms with E-state index < -0.39 is 35.4 Å². The first kappa shape index (κ1) is 14.3. The van der Waals surface area contributed by atoms with E-state index in [1.54, 1.807) is 0 Å². The highest BCUT2D eigenvalue weighted by Gasteiger charge is 2.78. The van der Waals surface area contributed by atoms with Crippen molar-refractivity contribution in [3.63, 3.8) is 0 Å². The molecular weight excluding hydrogens is 284 g/mol. The minimum Gasteiger partial charge on any atom is -0.467 e. The molecule has 1 saturated carbocycles. The standard InChI is InChI=1S/C11H14ClF2NO4/c1-19-7(16)10(2-3-12)4-9(5-11(9,13)14)6-15(10)8(17)18/h2-6H2,1H3,(H,17,18)/t9-,10?/m0/s1. The van der Waals surface area contributed by atoms with Crippen molar-refractivity contribution in [2.75, 3.05) is 19.5 Å². The van der Waals surface area contributed by atoms with E-state index in [9.17, 15) is 23.5 Å². The molecule has 1 aliphatic heterocycles. The van der Waals surface area contributed by atoms with E-state index in [4.69, 9.17) is 11.6 Å². The lowest BCUT2D eigenvalue weighted by Gasteiger charge is -2.33. The number of likely N-dealkylation sites (tertiary alicyclic amines) is 1. The average molecular weight is 298 g/mol. The highest BCUT2D eigenvalue weighted by Crippen LogP contribution is 2.68. The van der Waals surface area contributed by atoms with Crippen LogP contribution in [0.1, 0.15) is 19.3 Å². The van der Waals surface area contributed by atoms with E-state index in [-0.39, 0.29) is 25.3 Å². The van der Waals surface area contributed by atoms with Crippen LogP contribution in [-0.4, -0.2) is 53.1 Å². The molecule has 0 bridgehead atoms. The van der Waals surface area contributed by atoms with Gasteiger partial charge in [-0.25, -0.2) is 18.4 Å². The van der Waals surface area contributed by atoms with Crippen LogP contribution in [0.15, 0.2) is 0 Å². The van der Waals surface area contributed by atoms with Gasteiger partial charge in [-0.2, -0.15) is 0 Å². The maximum atomic E-state index is 13.5. The van der Waals surface area contributed by atoms with E-state index >= 15 is 0 Å². The Bertz CT molecular complexity index is 433. The number of carbonyl (C=O) groups is 2. The summed E-state index contributed by atoms with van der Waals surface area (Å²) in [7, 11) is 1.11. The summed E-state index contributed by atoms with van der Waals surface area (Å²) in [4.78, 5) is 24.0. The van der Waals surface area contributed by atoms with E-state index in [0.717, 1.165) is 12.0 Å². The van der Waals surface area contributed by atoms with Crippen LogP contribution in [0.4, 0.5) is 13.6 Å². The van der Waals surface area contributed by atoms with Gasteiger partial charge in [0, 0.05) is 18.8 Å². The van der Waals surface area contributed by atoms with Gasteiger partial charge in [-0.1, -0.05) is 0 Å². The summed E-state index contributed by atoms with van der Waals surface area (Å²) < 4.78 is 31.6. The van der Waals surface area contributed by atoms with Crippen LogP contribution in [-0.2, 0) is 9.53 Å². The molecule has 1 aliphatic carbocycles. The predicted molar refractivity (Wildman–Crippen MR) is 61.4 cm³/mol. The van der Waals surface area contributed by atoms with E-state index in [0.29, 0.717) is 0 Å². The number of amides is 1. The molecule has 0 aromatic heterocycles. The van der Waals surface area contributed by atoms with Crippen LogP contribution in [0, 0.1) is 5.41 Å². The third kappa shape index (κ3) is 1.86. The van der Waals surface area contributed by atoms with Gasteiger partial charge in [-0.15, -0.1) is 11.6 Å². The van der Waals surface area contributed by atoms with Crippen LogP contribution < -0.4 is 0 Å². The minimum absolute atomic E-state index is 0.0134. The average Bonchev–Trinajstić information content (AvgIpc) is 2.69. The summed E-state index contributed by atoms with van der Waals surface area (Å²) in [5.74, 6) is -3.77. The van der Waals surface area contributed by atoms with E-state index in [2.05, 4.69) is 4.74 Å². The lowest BCUT2D eigenvalue weighted by molar-refractivity contribution is -0.152. The summed E-state index contributed by atoms with van der Waals surface area (Å²) in [6.45, 7) is -0.360. The monoisotopic (exact) mass is 297 g/mol. The number of alkyl halides is 3. The second-order valence-electron chi connectivity index (χ2n) is 5.17. The first-order chi connectivity index (χ1) is 8.74. The predicted octanol–water partition coefficient (Wildman–Crippen LogP) is 1.94. The largest absolute Gasteiger partial charge is 0.467 e. The molecule has 0 aromatic rings. The number of halogens is 3. The van der Waals surface area contributed by atoms with E-state index in [1.165, 1.54) is 0 Å². The molecule has 1 N–H and O–H groups in total. The Morgan fingerprint density at radius 1 is 1.42 bits per heavy atom. The van der Waals surface area contributed by atoms with Gasteiger partial charge in [0.15, 0.2) is 0 Å². The molecule has 1 heterocycles. The number of ether oxygens (including phenoxy) is 1. The molecule has 2 atom stereocenters. The molecule has 19 heavy (non-hydrogen) atoms. The van der Waals surface area contributed by atoms with Crippen LogP contribution in [0.5, 0.6) is 0 Å². The van der Waals surface area contributed by atoms with Gasteiger partial charge < -0.3 is 9.84 Å². The SMILES string of the molecule is COC(=O)C1(CCCl)C[C@@]2(CN1C(=O)O)CC2(F)F. The Balaban J connectivity index is 2.39. The molecular formula is C11H14ClF2NO4. The molecule has 2 fully saturated rings. The quantitative estimate of drug-likeness (QED) is 0.638. The third-order valence-corrected chi connectivity index (χ3v) is 4.31. The fourth-order valence-electron chi connectivity index (χ4n) is 3.01. The van der Waals surface area contributed by atoms with Crippen LogP contribution in [0.25, 0.3) is 0 Å². The molecule has 5 nitrogen and oxygen atoms in total. The van der Waals surface area contributed by atoms with Crippen molar-refractivity contribution in [1.82, 2.24) is 4.90 Å². The number of rotatable bonds is 3. The lowest BCUT2D eigenvalue weighted by Crippen LogP contribution is -2.53. The molecule has 108 valence electrons. The summed E-state index contributed by atoms with van der Waals surface area (Å²) >= 11 is 5.61. The molecule has 1 saturated heterocycles. The molecule has 8 heteroatoms. The number of esters is 1. The number of hydrogen-bond donors (Lipinski definition) is 1. The van der Waals surface area contributed by atoms with Crippen molar-refractivity contribution in [1.29, 1.82) is 0 Å². The zero-order valence-electron chi connectivity index (χ0n) is 10.3. The summed E-state index contributed by atoms with van der Waals surface area (Å²) in [5.41, 5.74) is -3.03. The van der Waals surface area contributed by atoms with Crippen molar-refractivity contribution in [2.45, 2.75) is 30.7 Å². The Labute approximate surface area is 113 Å². The summed E-state index contributed by atoms with van der Waals surface area (Å²) in [6.07, 6.45) is -2.08. The smallest absolute Gasteiger partial charge is 0.408 e. The third-order valence-electron chi connectivity index (χ3n) is 4.12. The van der Waals surface area contributed by atoms with Crippen LogP contribution >= 0.6 is 11.6 Å². The lowest BCUT2D eigenvalue weighted by atomic mass is 9.87. The topological polar surface area (TPSA) is 66.8 Å². The first-order valence-corrected chi connectivity index (χ1v) is 6.31. The van der Waals surface area contributed by atoms with Gasteiger partial charge in [0.25, 0.3) is 5.92 Å². The van der Waals surface area contributed by atoms with Crippen molar-refractivity contribution in [3.05, 3.63) is 0 Å². The maximum Gasteiger partial charge on any atom is 0.408 e. The number of methoxy groups -OCH3 is 1. The fourth-order valence-corrected chi connectivity index (χ4v) is 3.33. The zero-order valence-corrected chi connectivity index (χ0v) is 11.0. The number of hydrogen-bond acceptors (Lipinski definition) is 3. The highest BCUT2D eigenvalue weighted by molar-refractivity contribution is 6.18. The molecule has 2 aliphatic rings. The highest BCUT2D eigenvalue weighted by atomic mass is 35.5. The Morgan fingerprint density at radius 2 is 2.00 bits per heavy atom. The Hall–Kier alpha value is -1.11. The van der Waals surface area contributed by atoms with E-state index in [1.807, 2.05) is 0 Å². The van der Waals surface area contributed by atoms with Crippen molar-refractivity contribution >= 4 is 23.7 Å². The number of carbonyl (C=O) groups excluding carboxylic acids is 1. The van der Waals surface area contributed by atoms with Crippen molar-refractivity contribution in [2.24, 2.45) is 5.41 Å². The fraction of sp³-hybridized carbons (Fsp3) is 0.818. The number of nitrogens with zero attached hydrogens (tertiary/aromatic N) is 1. The van der Waals surface area contributed by atoms with Crippen LogP contribution in [0.3, 0.4) is 0 Å². The first-order valence-electron chi connectivity index (χ1n) is 5.77. The van der Waals surface area contributed by atoms with Crippen molar-refractivity contribution in [3.8, 4) is 0 Å². The second-order valence-corrected chi connectivity index (χ2v) is 5.55. The molecule has 1 amide bonds. The maximum absolute atomic E-state index is 13.5. The minimum atomic E-state index is -2.93. The summed E-state index contributed by atoms with van der Waals surface area (Å²) in [5, 5.41) is 9.18. The normalized spacial score (nSPS) is 35.5.